The highest BCUT2D eigenvalue weighted by molar-refractivity contribution is 14.0. The van der Waals surface area contributed by atoms with Crippen LogP contribution in [0.25, 0.3) is 0 Å². The molecule has 0 radical (unpaired) electrons. The van der Waals surface area contributed by atoms with Crippen LogP contribution in [-0.2, 0) is 20.0 Å². The molecule has 6 nitrogen and oxygen atoms in total. The van der Waals surface area contributed by atoms with Gasteiger partial charge in [-0.3, -0.25) is 4.68 Å². The lowest BCUT2D eigenvalue weighted by Gasteiger charge is -2.21. The summed E-state index contributed by atoms with van der Waals surface area (Å²) in [4.78, 5) is 7.04. The maximum Gasteiger partial charge on any atom is 0.194 e. The summed E-state index contributed by atoms with van der Waals surface area (Å²) in [6.07, 6.45) is 6.20. The fraction of sp³-hybridized carbons (Fsp3) is 0.524. The molecular weight excluding hydrogens is 484 g/mol. The summed E-state index contributed by atoms with van der Waals surface area (Å²) in [6.45, 7) is 7.56. The Balaban J connectivity index is 0.00000300. The van der Waals surface area contributed by atoms with E-state index >= 15 is 0 Å². The second-order valence-electron chi connectivity index (χ2n) is 7.20. The van der Waals surface area contributed by atoms with Gasteiger partial charge in [-0.2, -0.15) is 5.10 Å². The van der Waals surface area contributed by atoms with Gasteiger partial charge in [-0.15, -0.1) is 24.0 Å². The third kappa shape index (κ3) is 6.58. The molecule has 3 rings (SSSR count). The number of halogens is 2. The summed E-state index contributed by atoms with van der Waals surface area (Å²) < 4.78 is 21.2. The third-order valence-electron chi connectivity index (χ3n) is 4.91. The smallest absolute Gasteiger partial charge is 0.194 e. The van der Waals surface area contributed by atoms with E-state index in [1.54, 1.807) is 6.07 Å². The molecule has 1 aromatic heterocycles. The van der Waals surface area contributed by atoms with Crippen LogP contribution >= 0.6 is 24.0 Å². The summed E-state index contributed by atoms with van der Waals surface area (Å²) in [5, 5.41) is 7.63. The number of hydrogen-bond donors (Lipinski definition) is 1. The quantitative estimate of drug-likeness (QED) is 0.348. The Kier molecular flexibility index (Phi) is 9.19. The molecule has 29 heavy (non-hydrogen) atoms. The standard InChI is InChI=1S/C21H30FN5O.HI/c1-4-23-21(24-12-16-6-7-20(28-5-2)19(22)11-16)27-9-8-17(15-27)10-18-13-25-26(3)14-18;/h6-7,11,13-14,17H,4-5,8-10,12,15H2,1-3H3,(H,23,24);1H. The van der Waals surface area contributed by atoms with Crippen molar-refractivity contribution in [3.05, 3.63) is 47.5 Å². The van der Waals surface area contributed by atoms with Gasteiger partial charge in [0.25, 0.3) is 0 Å². The van der Waals surface area contributed by atoms with Crippen molar-refractivity contribution in [1.29, 1.82) is 0 Å². The van der Waals surface area contributed by atoms with Gasteiger partial charge < -0.3 is 15.0 Å². The van der Waals surface area contributed by atoms with Crippen LogP contribution in [0.3, 0.4) is 0 Å². The van der Waals surface area contributed by atoms with E-state index in [1.165, 1.54) is 11.6 Å². The van der Waals surface area contributed by atoms with Crippen molar-refractivity contribution in [2.24, 2.45) is 18.0 Å². The maximum atomic E-state index is 14.1. The van der Waals surface area contributed by atoms with E-state index in [2.05, 4.69) is 28.4 Å². The first-order chi connectivity index (χ1) is 13.6. The Bertz CT molecular complexity index is 810. The molecule has 1 aliphatic rings. The van der Waals surface area contributed by atoms with E-state index in [0.717, 1.165) is 44.0 Å². The number of hydrogen-bond acceptors (Lipinski definition) is 3. The van der Waals surface area contributed by atoms with E-state index in [0.29, 0.717) is 24.8 Å². The van der Waals surface area contributed by atoms with Gasteiger partial charge in [-0.25, -0.2) is 9.38 Å². The molecule has 8 heteroatoms. The molecule has 0 amide bonds. The largest absolute Gasteiger partial charge is 0.491 e. The topological polar surface area (TPSA) is 54.7 Å². The predicted molar refractivity (Wildman–Crippen MR) is 124 cm³/mol. The fourth-order valence-electron chi connectivity index (χ4n) is 3.61. The molecule has 1 atom stereocenters. The average molecular weight is 515 g/mol. The highest BCUT2D eigenvalue weighted by Gasteiger charge is 2.25. The molecule has 1 aromatic carbocycles. The Morgan fingerprint density at radius 2 is 2.17 bits per heavy atom. The number of nitrogens with zero attached hydrogens (tertiary/aromatic N) is 4. The van der Waals surface area contributed by atoms with Crippen LogP contribution in [0.5, 0.6) is 5.75 Å². The molecule has 0 aliphatic carbocycles. The minimum atomic E-state index is -0.336. The van der Waals surface area contributed by atoms with Gasteiger partial charge in [0.2, 0.25) is 0 Å². The zero-order chi connectivity index (χ0) is 19.9. The van der Waals surface area contributed by atoms with Crippen molar-refractivity contribution < 1.29 is 9.13 Å². The van der Waals surface area contributed by atoms with Crippen molar-refractivity contribution in [3.63, 3.8) is 0 Å². The Labute approximate surface area is 189 Å². The number of likely N-dealkylation sites (tertiary alicyclic amines) is 1. The second kappa shape index (κ2) is 11.4. The molecular formula is C21H31FIN5O. The van der Waals surface area contributed by atoms with Crippen molar-refractivity contribution in [2.75, 3.05) is 26.2 Å². The van der Waals surface area contributed by atoms with Crippen LogP contribution in [0, 0.1) is 11.7 Å². The number of aryl methyl sites for hydroxylation is 1. The molecule has 1 unspecified atom stereocenters. The number of guanidine groups is 1. The molecule has 0 bridgehead atoms. The average Bonchev–Trinajstić information content (AvgIpc) is 3.30. The highest BCUT2D eigenvalue weighted by atomic mass is 127. The Morgan fingerprint density at radius 3 is 2.83 bits per heavy atom. The van der Waals surface area contributed by atoms with Crippen LogP contribution in [-0.4, -0.2) is 46.9 Å². The summed E-state index contributed by atoms with van der Waals surface area (Å²) >= 11 is 0. The molecule has 1 N–H and O–H groups in total. The number of rotatable bonds is 7. The summed E-state index contributed by atoms with van der Waals surface area (Å²) in [7, 11) is 1.95. The third-order valence-corrected chi connectivity index (χ3v) is 4.91. The minimum absolute atomic E-state index is 0. The first-order valence-electron chi connectivity index (χ1n) is 10.0. The van der Waals surface area contributed by atoms with E-state index in [9.17, 15) is 4.39 Å². The molecule has 1 fully saturated rings. The van der Waals surface area contributed by atoms with Crippen molar-refractivity contribution in [2.45, 2.75) is 33.2 Å². The first kappa shape index (κ1) is 23.4. The van der Waals surface area contributed by atoms with Gasteiger partial charge >= 0.3 is 0 Å². The van der Waals surface area contributed by atoms with Gasteiger partial charge in [-0.05, 0) is 55.9 Å². The van der Waals surface area contributed by atoms with E-state index < -0.39 is 0 Å². The van der Waals surface area contributed by atoms with Crippen LogP contribution in [0.1, 0.15) is 31.4 Å². The van der Waals surface area contributed by atoms with Gasteiger partial charge in [0.05, 0.1) is 19.3 Å². The monoisotopic (exact) mass is 515 g/mol. The number of aromatic nitrogens is 2. The molecule has 160 valence electrons. The lowest BCUT2D eigenvalue weighted by Crippen LogP contribution is -2.40. The van der Waals surface area contributed by atoms with Crippen LogP contribution in [0.2, 0.25) is 0 Å². The van der Waals surface area contributed by atoms with Gasteiger partial charge in [0, 0.05) is 32.9 Å². The molecule has 1 aliphatic heterocycles. The lowest BCUT2D eigenvalue weighted by atomic mass is 10.0. The molecule has 2 aromatic rings. The Hall–Kier alpha value is -1.84. The fourth-order valence-corrected chi connectivity index (χ4v) is 3.61. The number of nitrogens with one attached hydrogen (secondary N) is 1. The summed E-state index contributed by atoms with van der Waals surface area (Å²) in [5.74, 6) is 1.44. The molecule has 2 heterocycles. The molecule has 0 saturated carbocycles. The second-order valence-corrected chi connectivity index (χ2v) is 7.20. The minimum Gasteiger partial charge on any atom is -0.491 e. The molecule has 0 spiro atoms. The SMILES string of the molecule is CCNC(=NCc1ccc(OCC)c(F)c1)N1CCC(Cc2cnn(C)c2)C1.I. The summed E-state index contributed by atoms with van der Waals surface area (Å²) in [5.41, 5.74) is 2.11. The Morgan fingerprint density at radius 1 is 1.34 bits per heavy atom. The maximum absolute atomic E-state index is 14.1. The predicted octanol–water partition coefficient (Wildman–Crippen LogP) is 3.61. The van der Waals surface area contributed by atoms with Crippen molar-refractivity contribution in [1.82, 2.24) is 20.0 Å². The number of ether oxygens (including phenoxy) is 1. The zero-order valence-electron chi connectivity index (χ0n) is 17.4. The number of benzene rings is 1. The first-order valence-corrected chi connectivity index (χ1v) is 10.0. The normalized spacial score (nSPS) is 16.6. The number of aliphatic imine (C=N–C) groups is 1. The zero-order valence-corrected chi connectivity index (χ0v) is 19.7. The van der Waals surface area contributed by atoms with E-state index in [1.807, 2.05) is 30.9 Å². The van der Waals surface area contributed by atoms with Crippen molar-refractivity contribution >= 4 is 29.9 Å². The van der Waals surface area contributed by atoms with Gasteiger partial charge in [0.15, 0.2) is 17.5 Å². The molecule has 1 saturated heterocycles. The van der Waals surface area contributed by atoms with E-state index in [4.69, 9.17) is 9.73 Å². The van der Waals surface area contributed by atoms with E-state index in [-0.39, 0.29) is 29.8 Å². The van der Waals surface area contributed by atoms with Crippen LogP contribution in [0.15, 0.2) is 35.6 Å². The van der Waals surface area contributed by atoms with Crippen LogP contribution < -0.4 is 10.1 Å². The summed E-state index contributed by atoms with van der Waals surface area (Å²) in [6, 6.07) is 5.06. The highest BCUT2D eigenvalue weighted by Crippen LogP contribution is 2.22. The van der Waals surface area contributed by atoms with Crippen molar-refractivity contribution in [3.8, 4) is 5.75 Å². The van der Waals surface area contributed by atoms with Gasteiger partial charge in [0.1, 0.15) is 0 Å². The lowest BCUT2D eigenvalue weighted by molar-refractivity contribution is 0.321. The van der Waals surface area contributed by atoms with Gasteiger partial charge in [-0.1, -0.05) is 6.07 Å². The van der Waals surface area contributed by atoms with Crippen LogP contribution in [0.4, 0.5) is 4.39 Å².